The van der Waals surface area contributed by atoms with Crippen molar-refractivity contribution in [2.45, 2.75) is 77.6 Å². The van der Waals surface area contributed by atoms with Crippen LogP contribution in [0.25, 0.3) is 0 Å². The Hall–Kier alpha value is -0.250. The van der Waals surface area contributed by atoms with Crippen LogP contribution in [0.4, 0.5) is 5.69 Å². The Balaban J connectivity index is 1.98. The van der Waals surface area contributed by atoms with Crippen LogP contribution < -0.4 is 5.73 Å². The fourth-order valence-electron chi connectivity index (χ4n) is 2.59. The fraction of sp³-hybridized carbons (Fsp3) is 0.667. The molecule has 114 valence electrons. The van der Waals surface area contributed by atoms with Gasteiger partial charge in [0.2, 0.25) is 0 Å². The van der Waals surface area contributed by atoms with Crippen molar-refractivity contribution in [3.8, 4) is 0 Å². The highest BCUT2D eigenvalue weighted by Crippen LogP contribution is 2.19. The molecule has 0 spiro atoms. The lowest BCUT2D eigenvalue weighted by atomic mass is 10.0. The van der Waals surface area contributed by atoms with Crippen LogP contribution in [0, 0.1) is 3.57 Å². The number of nitrogen functional groups attached to an aromatic ring is 1. The molecule has 0 saturated heterocycles. The normalized spacial score (nSPS) is 10.9. The highest BCUT2D eigenvalue weighted by atomic mass is 127. The summed E-state index contributed by atoms with van der Waals surface area (Å²) in [7, 11) is 0. The maximum atomic E-state index is 5.84. The molecule has 0 heterocycles. The molecule has 1 aromatic rings. The van der Waals surface area contributed by atoms with Gasteiger partial charge in [0.05, 0.1) is 0 Å². The van der Waals surface area contributed by atoms with E-state index in [0.717, 1.165) is 5.69 Å². The van der Waals surface area contributed by atoms with Crippen molar-refractivity contribution < 1.29 is 0 Å². The Morgan fingerprint density at radius 2 is 1.40 bits per heavy atom. The van der Waals surface area contributed by atoms with Crippen LogP contribution in [0.3, 0.4) is 0 Å². The third-order valence-electron chi connectivity index (χ3n) is 3.87. The van der Waals surface area contributed by atoms with Crippen molar-refractivity contribution in [3.05, 3.63) is 27.3 Å². The van der Waals surface area contributed by atoms with Crippen LogP contribution in [0.5, 0.6) is 0 Å². The molecule has 0 amide bonds. The van der Waals surface area contributed by atoms with E-state index >= 15 is 0 Å². The molecule has 0 radical (unpaired) electrons. The maximum absolute atomic E-state index is 5.84. The fourth-order valence-corrected chi connectivity index (χ4v) is 3.19. The van der Waals surface area contributed by atoms with Gasteiger partial charge in [0, 0.05) is 9.26 Å². The summed E-state index contributed by atoms with van der Waals surface area (Å²) in [4.78, 5) is 0. The molecular weight excluding hydrogens is 357 g/mol. The molecular formula is C18H30IN. The highest BCUT2D eigenvalue weighted by molar-refractivity contribution is 14.1. The van der Waals surface area contributed by atoms with Crippen molar-refractivity contribution >= 4 is 28.3 Å². The number of halogens is 1. The predicted molar refractivity (Wildman–Crippen MR) is 99.1 cm³/mol. The minimum absolute atomic E-state index is 0.896. The number of hydrogen-bond donors (Lipinski definition) is 1. The summed E-state index contributed by atoms with van der Waals surface area (Å²) in [6.07, 6.45) is 15.2. The van der Waals surface area contributed by atoms with Crippen molar-refractivity contribution in [3.63, 3.8) is 0 Å². The number of nitrogens with two attached hydrogens (primary N) is 1. The van der Waals surface area contributed by atoms with Gasteiger partial charge in [-0.25, -0.2) is 0 Å². The number of unbranched alkanes of at least 4 members (excludes halogenated alkanes) is 9. The second-order valence-corrected chi connectivity index (χ2v) is 6.95. The van der Waals surface area contributed by atoms with E-state index in [4.69, 9.17) is 5.73 Å². The number of rotatable bonds is 11. The summed E-state index contributed by atoms with van der Waals surface area (Å²) < 4.78 is 1.35. The Morgan fingerprint density at radius 3 is 2.00 bits per heavy atom. The van der Waals surface area contributed by atoms with Gasteiger partial charge in [-0.3, -0.25) is 0 Å². The summed E-state index contributed by atoms with van der Waals surface area (Å²) in [5.74, 6) is 0. The lowest BCUT2D eigenvalue weighted by Gasteiger charge is -2.06. The van der Waals surface area contributed by atoms with E-state index in [2.05, 4.69) is 41.6 Å². The Labute approximate surface area is 138 Å². The van der Waals surface area contributed by atoms with Crippen LogP contribution in [-0.4, -0.2) is 0 Å². The third-order valence-corrected chi connectivity index (χ3v) is 4.92. The quantitative estimate of drug-likeness (QED) is 0.268. The SMILES string of the molecule is CCCCCCCCCCCCc1cc(N)ccc1I. The number of benzene rings is 1. The Kier molecular flexibility index (Phi) is 10.2. The number of aryl methyl sites for hydroxylation is 1. The molecule has 0 saturated carbocycles. The van der Waals surface area contributed by atoms with Crippen LogP contribution in [0.1, 0.15) is 76.7 Å². The van der Waals surface area contributed by atoms with Gasteiger partial charge < -0.3 is 5.73 Å². The summed E-state index contributed by atoms with van der Waals surface area (Å²) in [6.45, 7) is 2.28. The molecule has 0 unspecified atom stereocenters. The van der Waals surface area contributed by atoms with E-state index < -0.39 is 0 Å². The molecule has 0 atom stereocenters. The zero-order valence-electron chi connectivity index (χ0n) is 13.0. The van der Waals surface area contributed by atoms with Crippen LogP contribution in [0.15, 0.2) is 18.2 Å². The van der Waals surface area contributed by atoms with E-state index in [0.29, 0.717) is 0 Å². The van der Waals surface area contributed by atoms with Crippen molar-refractivity contribution in [2.24, 2.45) is 0 Å². The number of anilines is 1. The molecule has 0 aliphatic carbocycles. The van der Waals surface area contributed by atoms with Gasteiger partial charge in [-0.15, -0.1) is 0 Å². The smallest absolute Gasteiger partial charge is 0.0317 e. The molecule has 20 heavy (non-hydrogen) atoms. The van der Waals surface area contributed by atoms with E-state index in [9.17, 15) is 0 Å². The lowest BCUT2D eigenvalue weighted by molar-refractivity contribution is 0.556. The van der Waals surface area contributed by atoms with E-state index in [1.54, 1.807) is 0 Å². The predicted octanol–water partition coefficient (Wildman–Crippen LogP) is 6.34. The minimum Gasteiger partial charge on any atom is -0.399 e. The van der Waals surface area contributed by atoms with Gasteiger partial charge in [0.15, 0.2) is 0 Å². The summed E-state index contributed by atoms with van der Waals surface area (Å²) in [5, 5.41) is 0. The van der Waals surface area contributed by atoms with Crippen molar-refractivity contribution in [1.82, 2.24) is 0 Å². The Bertz CT molecular complexity index is 362. The van der Waals surface area contributed by atoms with Crippen LogP contribution in [0.2, 0.25) is 0 Å². The molecule has 2 N–H and O–H groups in total. The molecule has 0 bridgehead atoms. The molecule has 0 aromatic heterocycles. The van der Waals surface area contributed by atoms with Gasteiger partial charge in [-0.05, 0) is 59.2 Å². The van der Waals surface area contributed by atoms with Crippen LogP contribution >= 0.6 is 22.6 Å². The van der Waals surface area contributed by atoms with Gasteiger partial charge in [0.25, 0.3) is 0 Å². The molecule has 0 aliphatic rings. The molecule has 0 fully saturated rings. The largest absolute Gasteiger partial charge is 0.399 e. The first-order valence-electron chi connectivity index (χ1n) is 8.28. The average Bonchev–Trinajstić information content (AvgIpc) is 2.44. The highest BCUT2D eigenvalue weighted by Gasteiger charge is 2.00. The number of hydrogen-bond acceptors (Lipinski definition) is 1. The van der Waals surface area contributed by atoms with Gasteiger partial charge >= 0.3 is 0 Å². The maximum Gasteiger partial charge on any atom is 0.0317 e. The summed E-state index contributed by atoms with van der Waals surface area (Å²) >= 11 is 2.41. The van der Waals surface area contributed by atoms with Gasteiger partial charge in [0.1, 0.15) is 0 Å². The molecule has 1 aromatic carbocycles. The first kappa shape index (κ1) is 17.8. The second kappa shape index (κ2) is 11.4. The minimum atomic E-state index is 0.896. The second-order valence-electron chi connectivity index (χ2n) is 5.78. The van der Waals surface area contributed by atoms with Crippen molar-refractivity contribution in [1.29, 1.82) is 0 Å². The molecule has 1 rings (SSSR count). The van der Waals surface area contributed by atoms with E-state index in [1.807, 2.05) is 6.07 Å². The zero-order chi connectivity index (χ0) is 14.6. The topological polar surface area (TPSA) is 26.0 Å². The first-order chi connectivity index (χ1) is 9.74. The summed E-state index contributed by atoms with van der Waals surface area (Å²) in [5.41, 5.74) is 8.16. The zero-order valence-corrected chi connectivity index (χ0v) is 15.1. The molecule has 0 aliphatic heterocycles. The summed E-state index contributed by atoms with van der Waals surface area (Å²) in [6, 6.07) is 6.25. The first-order valence-corrected chi connectivity index (χ1v) is 9.36. The standard InChI is InChI=1S/C18H30IN/c1-2-3-4-5-6-7-8-9-10-11-12-16-15-17(20)13-14-18(16)19/h13-15H,2-12,20H2,1H3. The van der Waals surface area contributed by atoms with E-state index in [1.165, 1.54) is 79.8 Å². The van der Waals surface area contributed by atoms with Crippen molar-refractivity contribution in [2.75, 3.05) is 5.73 Å². The molecule has 1 nitrogen and oxygen atoms in total. The van der Waals surface area contributed by atoms with Gasteiger partial charge in [-0.2, -0.15) is 0 Å². The molecule has 2 heteroatoms. The van der Waals surface area contributed by atoms with E-state index in [-0.39, 0.29) is 0 Å². The Morgan fingerprint density at radius 1 is 0.850 bits per heavy atom. The lowest BCUT2D eigenvalue weighted by Crippen LogP contribution is -1.93. The third kappa shape index (κ3) is 8.13. The van der Waals surface area contributed by atoms with Gasteiger partial charge in [-0.1, -0.05) is 64.7 Å². The average molecular weight is 387 g/mol. The van der Waals surface area contributed by atoms with Crippen LogP contribution in [-0.2, 0) is 6.42 Å². The monoisotopic (exact) mass is 387 g/mol.